The molecule has 0 amide bonds. The Morgan fingerprint density at radius 2 is 1.13 bits per heavy atom. The van der Waals surface area contributed by atoms with E-state index in [1.165, 1.54) is 33.4 Å². The minimum atomic E-state index is -0.939. The molecule has 0 heterocycles. The van der Waals surface area contributed by atoms with E-state index in [0.29, 0.717) is 0 Å². The predicted molar refractivity (Wildman–Crippen MR) is 140 cm³/mol. The average molecular weight is 517 g/mol. The molecule has 0 aromatic heterocycles. The molecule has 6 heteroatoms. The van der Waals surface area contributed by atoms with E-state index in [4.69, 9.17) is 18.9 Å². The van der Waals surface area contributed by atoms with Crippen molar-refractivity contribution in [2.45, 2.75) is 62.6 Å². The number of carbonyl (C=O) groups excluding carboxylic acids is 2. The van der Waals surface area contributed by atoms with Crippen molar-refractivity contribution in [3.05, 3.63) is 69.8 Å². The Morgan fingerprint density at radius 3 is 1.50 bits per heavy atom. The fraction of sp³-hybridized carbons (Fsp3) is 0.562. The van der Waals surface area contributed by atoms with Crippen LogP contribution in [0.4, 0.5) is 0 Å². The van der Waals surface area contributed by atoms with Crippen LogP contribution in [0.5, 0.6) is 0 Å². The molecule has 7 rings (SSSR count). The summed E-state index contributed by atoms with van der Waals surface area (Å²) in [6.07, 6.45) is 3.99. The minimum Gasteiger partial charge on any atom is -0.466 e. The molecule has 8 atom stereocenters. The first-order valence-corrected chi connectivity index (χ1v) is 14.1. The van der Waals surface area contributed by atoms with Gasteiger partial charge in [0, 0.05) is 26.1 Å². The summed E-state index contributed by atoms with van der Waals surface area (Å²) >= 11 is 0. The first-order valence-electron chi connectivity index (χ1n) is 14.1. The maximum absolute atomic E-state index is 13.5. The highest BCUT2D eigenvalue weighted by atomic mass is 16.6. The second-order valence-corrected chi connectivity index (χ2v) is 11.6. The van der Waals surface area contributed by atoms with Gasteiger partial charge in [0.1, 0.15) is 23.0 Å². The average Bonchev–Trinajstić information content (AvgIpc) is 2.88. The molecule has 5 aliphatic carbocycles. The molecule has 3 fully saturated rings. The molecular formula is C32H36O6. The summed E-state index contributed by atoms with van der Waals surface area (Å²) in [6, 6.07) is 14.0. The van der Waals surface area contributed by atoms with Gasteiger partial charge in [0.05, 0.1) is 13.2 Å². The summed E-state index contributed by atoms with van der Waals surface area (Å²) < 4.78 is 23.9. The molecule has 5 aliphatic rings. The number of fused-ring (bicyclic) bond motifs is 6. The van der Waals surface area contributed by atoms with E-state index in [2.05, 4.69) is 36.4 Å². The SMILES string of the molecule is CCOC(=O)[C@H]1[C@H](C(=O)OCC)[C@@]2(OC)C3C4c5cc6ccc5CCc5ccc(cc5C4C3[C@@]12OC)CC6. The zero-order valence-corrected chi connectivity index (χ0v) is 22.6. The quantitative estimate of drug-likeness (QED) is 0.537. The first kappa shape index (κ1) is 24.3. The predicted octanol–water partition coefficient (Wildman–Crippen LogP) is 4.15. The van der Waals surface area contributed by atoms with Crippen molar-refractivity contribution < 1.29 is 28.5 Å². The van der Waals surface area contributed by atoms with Crippen LogP contribution in [0.25, 0.3) is 0 Å². The van der Waals surface area contributed by atoms with Crippen LogP contribution >= 0.6 is 0 Å². The van der Waals surface area contributed by atoms with Crippen molar-refractivity contribution in [1.29, 1.82) is 0 Å². The number of hydrogen-bond donors (Lipinski definition) is 0. The van der Waals surface area contributed by atoms with Crippen molar-refractivity contribution in [1.82, 2.24) is 0 Å². The molecule has 0 spiro atoms. The lowest BCUT2D eigenvalue weighted by molar-refractivity contribution is -0.457. The van der Waals surface area contributed by atoms with Crippen LogP contribution < -0.4 is 0 Å². The van der Waals surface area contributed by atoms with Gasteiger partial charge in [0.2, 0.25) is 0 Å². The van der Waals surface area contributed by atoms with Gasteiger partial charge in [-0.2, -0.15) is 0 Å². The lowest BCUT2D eigenvalue weighted by Gasteiger charge is -2.86. The van der Waals surface area contributed by atoms with Gasteiger partial charge < -0.3 is 18.9 Å². The van der Waals surface area contributed by atoms with Crippen LogP contribution in [0.15, 0.2) is 36.4 Å². The standard InChI is InChI=1S/C32H36O6/c1-5-37-29(33)27-28(30(34)38-6-2)32(36-4)26-24-22-16-18-8-7-17-9-11-19(13-14-20(22)12-10-18)21(15-17)23(24)25(26)31(27,32)35-3/h9-12,15-16,23-28H,5-8,13-14H2,1-4H3/t23?,24?,25?,26?,27-,28-,31-,32+/m1/s1. The number of ether oxygens (including phenoxy) is 4. The fourth-order valence-corrected chi connectivity index (χ4v) is 9.48. The van der Waals surface area contributed by atoms with Gasteiger partial charge in [-0.25, -0.2) is 0 Å². The number of aryl methyl sites for hydroxylation is 4. The molecule has 0 aliphatic heterocycles. The Morgan fingerprint density at radius 1 is 0.711 bits per heavy atom. The number of methoxy groups -OCH3 is 2. The molecule has 38 heavy (non-hydrogen) atoms. The van der Waals surface area contributed by atoms with E-state index in [0.717, 1.165) is 25.7 Å². The monoisotopic (exact) mass is 516 g/mol. The van der Waals surface area contributed by atoms with Gasteiger partial charge in [-0.05, 0) is 84.7 Å². The largest absolute Gasteiger partial charge is 0.466 e. The zero-order chi connectivity index (χ0) is 26.4. The smallest absolute Gasteiger partial charge is 0.313 e. The summed E-state index contributed by atoms with van der Waals surface area (Å²) in [6.45, 7) is 4.07. The van der Waals surface area contributed by atoms with E-state index in [1.54, 1.807) is 28.1 Å². The molecule has 200 valence electrons. The Labute approximate surface area is 224 Å². The molecule has 2 aromatic carbocycles. The summed E-state index contributed by atoms with van der Waals surface area (Å²) in [5.74, 6) is -1.86. The van der Waals surface area contributed by atoms with Gasteiger partial charge in [-0.15, -0.1) is 0 Å². The van der Waals surface area contributed by atoms with Crippen LogP contribution in [0, 0.1) is 23.7 Å². The third-order valence-electron chi connectivity index (χ3n) is 10.7. The Kier molecular flexibility index (Phi) is 5.38. The Hall–Kier alpha value is -2.70. The van der Waals surface area contributed by atoms with Crippen LogP contribution in [0.2, 0.25) is 0 Å². The minimum absolute atomic E-state index is 0.0422. The topological polar surface area (TPSA) is 71.1 Å². The highest BCUT2D eigenvalue weighted by molar-refractivity contribution is 5.90. The Bertz CT molecular complexity index is 1230. The lowest BCUT2D eigenvalue weighted by atomic mass is 9.21. The molecule has 3 saturated carbocycles. The second kappa shape index (κ2) is 8.40. The lowest BCUT2D eigenvalue weighted by Crippen LogP contribution is -2.98. The summed E-state index contributed by atoms with van der Waals surface area (Å²) in [5, 5.41) is 0. The maximum atomic E-state index is 13.5. The molecule has 4 unspecified atom stereocenters. The maximum Gasteiger partial charge on any atom is 0.313 e. The molecule has 6 nitrogen and oxygen atoms in total. The van der Waals surface area contributed by atoms with Crippen molar-refractivity contribution >= 4 is 11.9 Å². The van der Waals surface area contributed by atoms with Crippen LogP contribution in [0.1, 0.15) is 59.1 Å². The first-order chi connectivity index (χ1) is 18.5. The molecule has 0 saturated heterocycles. The highest BCUT2D eigenvalue weighted by Crippen LogP contribution is 2.85. The van der Waals surface area contributed by atoms with Crippen molar-refractivity contribution in [3.63, 3.8) is 0 Å². The Balaban J connectivity index is 1.45. The number of rotatable bonds is 6. The van der Waals surface area contributed by atoms with E-state index in [-0.39, 0.29) is 36.9 Å². The number of esters is 2. The molecule has 0 radical (unpaired) electrons. The van der Waals surface area contributed by atoms with Crippen LogP contribution in [-0.2, 0) is 54.2 Å². The highest BCUT2D eigenvalue weighted by Gasteiger charge is 2.96. The molecule has 0 N–H and O–H groups in total. The van der Waals surface area contributed by atoms with Crippen LogP contribution in [0.3, 0.4) is 0 Å². The normalized spacial score (nSPS) is 36.8. The third-order valence-corrected chi connectivity index (χ3v) is 10.7. The van der Waals surface area contributed by atoms with E-state index >= 15 is 0 Å². The summed E-state index contributed by atoms with van der Waals surface area (Å²) in [5.41, 5.74) is 6.35. The van der Waals surface area contributed by atoms with Gasteiger partial charge in [0.15, 0.2) is 0 Å². The van der Waals surface area contributed by atoms with Gasteiger partial charge in [0.25, 0.3) is 0 Å². The molecule has 4 bridgehead atoms. The second-order valence-electron chi connectivity index (χ2n) is 11.6. The van der Waals surface area contributed by atoms with Crippen molar-refractivity contribution in [3.8, 4) is 0 Å². The summed E-state index contributed by atoms with van der Waals surface area (Å²) in [7, 11) is 3.33. The zero-order valence-electron chi connectivity index (χ0n) is 22.6. The van der Waals surface area contributed by atoms with E-state index < -0.39 is 35.0 Å². The molecular weight excluding hydrogens is 480 g/mol. The van der Waals surface area contributed by atoms with Crippen molar-refractivity contribution in [2.24, 2.45) is 23.7 Å². The van der Waals surface area contributed by atoms with Gasteiger partial charge >= 0.3 is 11.9 Å². The number of hydrogen-bond acceptors (Lipinski definition) is 6. The van der Waals surface area contributed by atoms with Gasteiger partial charge in [-0.3, -0.25) is 9.59 Å². The van der Waals surface area contributed by atoms with Crippen LogP contribution in [-0.4, -0.2) is 50.6 Å². The van der Waals surface area contributed by atoms with E-state index in [9.17, 15) is 9.59 Å². The summed E-state index contributed by atoms with van der Waals surface area (Å²) in [4.78, 5) is 27.0. The fourth-order valence-electron chi connectivity index (χ4n) is 9.48. The van der Waals surface area contributed by atoms with Crippen molar-refractivity contribution in [2.75, 3.05) is 27.4 Å². The number of benzene rings is 2. The third kappa shape index (κ3) is 2.66. The van der Waals surface area contributed by atoms with Gasteiger partial charge in [-0.1, -0.05) is 36.4 Å². The molecule has 2 aromatic rings. The number of carbonyl (C=O) groups is 2. The van der Waals surface area contributed by atoms with E-state index in [1.807, 2.05) is 0 Å².